The first-order valence-electron chi connectivity index (χ1n) is 11.3. The van der Waals surface area contributed by atoms with Gasteiger partial charge in [-0.05, 0) is 47.9 Å². The van der Waals surface area contributed by atoms with Crippen LogP contribution in [-0.2, 0) is 31.1 Å². The van der Waals surface area contributed by atoms with Crippen LogP contribution >= 0.6 is 0 Å². The van der Waals surface area contributed by atoms with E-state index >= 15 is 0 Å². The third-order valence-electron chi connectivity index (χ3n) is 6.30. The minimum atomic E-state index is -0.385. The smallest absolute Gasteiger partial charge is 0.136 e. The largest absolute Gasteiger partial charge is 0.488 e. The van der Waals surface area contributed by atoms with Crippen molar-refractivity contribution in [3.63, 3.8) is 0 Å². The number of nitriles is 1. The molecule has 0 unspecified atom stereocenters. The molecule has 0 amide bonds. The highest BCUT2D eigenvalue weighted by atomic mass is 19.1. The van der Waals surface area contributed by atoms with Crippen molar-refractivity contribution in [1.82, 2.24) is 9.55 Å². The fourth-order valence-electron chi connectivity index (χ4n) is 4.67. The molecule has 1 aliphatic heterocycles. The number of aliphatic hydroxyl groups excluding tert-OH is 1. The Morgan fingerprint density at radius 3 is 2.80 bits per heavy atom. The molecule has 0 saturated carbocycles. The van der Waals surface area contributed by atoms with Crippen LogP contribution in [0.1, 0.15) is 40.6 Å². The zero-order chi connectivity index (χ0) is 24.5. The van der Waals surface area contributed by atoms with Crippen molar-refractivity contribution in [2.45, 2.75) is 33.3 Å². The van der Waals surface area contributed by atoms with Crippen LogP contribution in [0.3, 0.4) is 0 Å². The third-order valence-corrected chi connectivity index (χ3v) is 6.30. The molecular formula is C28H24FN3O3. The summed E-state index contributed by atoms with van der Waals surface area (Å²) >= 11 is 0. The highest BCUT2D eigenvalue weighted by Gasteiger charge is 2.23. The molecule has 7 heteroatoms. The van der Waals surface area contributed by atoms with Crippen molar-refractivity contribution in [3.05, 3.63) is 99.6 Å². The van der Waals surface area contributed by atoms with Crippen LogP contribution in [0.25, 0.3) is 16.6 Å². The Labute approximate surface area is 202 Å². The zero-order valence-corrected chi connectivity index (χ0v) is 19.5. The highest BCUT2D eigenvalue weighted by molar-refractivity contribution is 5.88. The number of fused-ring (bicyclic) bond motifs is 3. The van der Waals surface area contributed by atoms with E-state index in [2.05, 4.69) is 16.7 Å². The lowest BCUT2D eigenvalue weighted by Gasteiger charge is -2.14. The molecule has 35 heavy (non-hydrogen) atoms. The molecule has 176 valence electrons. The molecule has 1 N–H and O–H groups in total. The minimum Gasteiger partial charge on any atom is -0.488 e. The first-order chi connectivity index (χ1) is 17.0. The van der Waals surface area contributed by atoms with E-state index in [9.17, 15) is 14.8 Å². The van der Waals surface area contributed by atoms with E-state index in [1.165, 1.54) is 12.1 Å². The lowest BCUT2D eigenvalue weighted by Crippen LogP contribution is -2.07. The van der Waals surface area contributed by atoms with Gasteiger partial charge in [0.2, 0.25) is 0 Å². The summed E-state index contributed by atoms with van der Waals surface area (Å²) < 4.78 is 27.4. The Morgan fingerprint density at radius 1 is 1.20 bits per heavy atom. The van der Waals surface area contributed by atoms with Crippen LogP contribution in [0.15, 0.2) is 60.2 Å². The molecule has 0 bridgehead atoms. The Hall–Kier alpha value is -3.99. The van der Waals surface area contributed by atoms with E-state index in [0.717, 1.165) is 44.7 Å². The van der Waals surface area contributed by atoms with E-state index in [4.69, 9.17) is 14.5 Å². The molecule has 1 aromatic heterocycles. The van der Waals surface area contributed by atoms with Crippen molar-refractivity contribution >= 4 is 16.6 Å². The quantitative estimate of drug-likeness (QED) is 0.412. The molecule has 5 rings (SSSR count). The average Bonchev–Trinajstić information content (AvgIpc) is 3.12. The summed E-state index contributed by atoms with van der Waals surface area (Å²) in [6.45, 7) is 2.80. The number of aliphatic hydroxyl groups is 1. The summed E-state index contributed by atoms with van der Waals surface area (Å²) in [6, 6.07) is 18.5. The van der Waals surface area contributed by atoms with Crippen molar-refractivity contribution < 1.29 is 19.0 Å². The molecular weight excluding hydrogens is 445 g/mol. The number of nitrogens with zero attached hydrogens (tertiary/aromatic N) is 3. The molecule has 6 nitrogen and oxygen atoms in total. The monoisotopic (exact) mass is 469 g/mol. The number of ether oxygens (including phenoxy) is 2. The molecule has 2 heterocycles. The topological polar surface area (TPSA) is 80.3 Å². The molecule has 0 saturated heterocycles. The molecule has 1 aliphatic rings. The number of methoxy groups -OCH3 is 1. The fourth-order valence-corrected chi connectivity index (χ4v) is 4.67. The number of hydrogen-bond donors (Lipinski definition) is 1. The van der Waals surface area contributed by atoms with Gasteiger partial charge in [-0.3, -0.25) is 0 Å². The number of halogens is 1. The van der Waals surface area contributed by atoms with Gasteiger partial charge in [0.05, 0.1) is 23.7 Å². The van der Waals surface area contributed by atoms with Gasteiger partial charge in [0.15, 0.2) is 0 Å². The molecule has 0 spiro atoms. The zero-order valence-electron chi connectivity index (χ0n) is 19.5. The predicted octanol–water partition coefficient (Wildman–Crippen LogP) is 5.10. The molecule has 0 aliphatic carbocycles. The van der Waals surface area contributed by atoms with Crippen LogP contribution in [0.2, 0.25) is 0 Å². The Balaban J connectivity index is 1.60. The van der Waals surface area contributed by atoms with Gasteiger partial charge >= 0.3 is 0 Å². The lowest BCUT2D eigenvalue weighted by atomic mass is 9.90. The molecule has 3 aromatic carbocycles. The van der Waals surface area contributed by atoms with Crippen LogP contribution in [0.5, 0.6) is 5.75 Å². The van der Waals surface area contributed by atoms with Gasteiger partial charge in [-0.15, -0.1) is 0 Å². The summed E-state index contributed by atoms with van der Waals surface area (Å²) in [5, 5.41) is 19.4. The maximum Gasteiger partial charge on any atom is 0.136 e. The SMILES string of the molecule is COCc1nc2c(CO)cccc2n1Cc1ccc2c(c1)COc1cc(F)ccc1/C2=C(/C)C#N. The van der Waals surface area contributed by atoms with Gasteiger partial charge in [-0.1, -0.05) is 24.3 Å². The number of rotatable bonds is 5. The van der Waals surface area contributed by atoms with Gasteiger partial charge in [-0.25, -0.2) is 9.37 Å². The average molecular weight is 470 g/mol. The summed E-state index contributed by atoms with van der Waals surface area (Å²) in [5.41, 5.74) is 7.26. The van der Waals surface area contributed by atoms with Crippen LogP contribution in [0.4, 0.5) is 4.39 Å². The third kappa shape index (κ3) is 4.08. The second-order valence-electron chi connectivity index (χ2n) is 8.52. The van der Waals surface area contributed by atoms with Crippen molar-refractivity contribution in [1.29, 1.82) is 5.26 Å². The number of para-hydroxylation sites is 1. The highest BCUT2D eigenvalue weighted by Crippen LogP contribution is 2.39. The van der Waals surface area contributed by atoms with Gasteiger partial charge in [0.1, 0.15) is 30.6 Å². The molecule has 0 radical (unpaired) electrons. The number of benzene rings is 3. The number of aromatic nitrogens is 2. The Kier molecular flexibility index (Phi) is 6.08. The molecule has 0 atom stereocenters. The second kappa shape index (κ2) is 9.34. The summed E-state index contributed by atoms with van der Waals surface area (Å²) in [4.78, 5) is 4.73. The maximum atomic E-state index is 13.9. The van der Waals surface area contributed by atoms with Crippen LogP contribution in [-0.4, -0.2) is 21.8 Å². The first-order valence-corrected chi connectivity index (χ1v) is 11.3. The minimum absolute atomic E-state index is 0.0918. The normalized spacial score (nSPS) is 14.0. The number of imidazole rings is 1. The van der Waals surface area contributed by atoms with E-state index < -0.39 is 0 Å². The Bertz CT molecular complexity index is 1510. The van der Waals surface area contributed by atoms with E-state index in [0.29, 0.717) is 30.0 Å². The maximum absolute atomic E-state index is 13.9. The van der Waals surface area contributed by atoms with Gasteiger partial charge in [-0.2, -0.15) is 5.26 Å². The predicted molar refractivity (Wildman–Crippen MR) is 130 cm³/mol. The van der Waals surface area contributed by atoms with Crippen LogP contribution in [0, 0.1) is 17.1 Å². The van der Waals surface area contributed by atoms with E-state index in [1.807, 2.05) is 30.3 Å². The van der Waals surface area contributed by atoms with Crippen molar-refractivity contribution in [2.24, 2.45) is 0 Å². The van der Waals surface area contributed by atoms with Gasteiger partial charge in [0.25, 0.3) is 0 Å². The fraction of sp³-hybridized carbons (Fsp3) is 0.214. The van der Waals surface area contributed by atoms with E-state index in [1.54, 1.807) is 20.1 Å². The number of allylic oxidation sites excluding steroid dienone is 1. The summed E-state index contributed by atoms with van der Waals surface area (Å²) in [7, 11) is 1.63. The summed E-state index contributed by atoms with van der Waals surface area (Å²) in [6.07, 6.45) is 0. The lowest BCUT2D eigenvalue weighted by molar-refractivity contribution is 0.175. The first kappa shape index (κ1) is 22.8. The van der Waals surface area contributed by atoms with E-state index in [-0.39, 0.29) is 19.0 Å². The molecule has 0 fully saturated rings. The Morgan fingerprint density at radius 2 is 2.03 bits per heavy atom. The van der Waals surface area contributed by atoms with Gasteiger partial charge in [0, 0.05) is 42.0 Å². The number of hydrogen-bond acceptors (Lipinski definition) is 5. The molecule has 4 aromatic rings. The van der Waals surface area contributed by atoms with Crippen molar-refractivity contribution in [2.75, 3.05) is 7.11 Å². The van der Waals surface area contributed by atoms with Crippen molar-refractivity contribution in [3.8, 4) is 11.8 Å². The van der Waals surface area contributed by atoms with Crippen LogP contribution < -0.4 is 4.74 Å². The second-order valence-corrected chi connectivity index (χ2v) is 8.52. The standard InChI is InChI=1S/C28H24FN3O3/c1-17(12-30)27-22-8-6-18(10-20(22)15-35-25-11-21(29)7-9-23(25)27)13-32-24-5-3-4-19(14-33)28(24)31-26(32)16-34-2/h3-11,33H,13-16H2,1-2H3/b27-17-. The van der Waals surface area contributed by atoms with Gasteiger partial charge < -0.3 is 19.1 Å². The summed E-state index contributed by atoms with van der Waals surface area (Å²) in [5.74, 6) is 0.800.